The maximum absolute atomic E-state index is 12.7. The van der Waals surface area contributed by atoms with Gasteiger partial charge in [0.1, 0.15) is 5.71 Å². The third-order valence-electron chi connectivity index (χ3n) is 4.05. The number of hydrogen-bond donors (Lipinski definition) is 2. The molecule has 1 aliphatic rings. The van der Waals surface area contributed by atoms with E-state index in [-0.39, 0.29) is 30.4 Å². The van der Waals surface area contributed by atoms with Gasteiger partial charge < -0.3 is 10.6 Å². The number of nitrogens with one attached hydrogen (secondary N) is 2. The average molecular weight is 364 g/mol. The molecule has 1 heterocycles. The van der Waals surface area contributed by atoms with E-state index in [4.69, 9.17) is 0 Å². The normalized spacial score (nSPS) is 13.7. The lowest BCUT2D eigenvalue weighted by atomic mass is 10.1. The van der Waals surface area contributed by atoms with Crippen LogP contribution in [0.4, 0.5) is 11.4 Å². The van der Waals surface area contributed by atoms with Gasteiger partial charge in [-0.15, -0.1) is 0 Å². The van der Waals surface area contributed by atoms with Gasteiger partial charge in [-0.1, -0.05) is 30.3 Å². The molecule has 0 fully saturated rings. The molecule has 0 atom stereocenters. The van der Waals surface area contributed by atoms with Crippen molar-refractivity contribution in [3.05, 3.63) is 60.2 Å². The van der Waals surface area contributed by atoms with E-state index in [1.165, 1.54) is 5.01 Å². The highest BCUT2D eigenvalue weighted by molar-refractivity contribution is 6.44. The molecule has 7 nitrogen and oxygen atoms in total. The highest BCUT2D eigenvalue weighted by atomic mass is 16.2. The van der Waals surface area contributed by atoms with E-state index in [0.717, 1.165) is 0 Å². The van der Waals surface area contributed by atoms with Gasteiger partial charge in [-0.05, 0) is 31.2 Å². The largest absolute Gasteiger partial charge is 0.352 e. The first-order valence-electron chi connectivity index (χ1n) is 8.74. The summed E-state index contributed by atoms with van der Waals surface area (Å²) in [7, 11) is 0. The van der Waals surface area contributed by atoms with Crippen LogP contribution in [-0.2, 0) is 9.59 Å². The Hall–Kier alpha value is -3.48. The van der Waals surface area contributed by atoms with Gasteiger partial charge in [-0.3, -0.25) is 14.4 Å². The van der Waals surface area contributed by atoms with Crippen LogP contribution in [0.15, 0.2) is 59.7 Å². The lowest BCUT2D eigenvalue weighted by Gasteiger charge is -2.23. The highest BCUT2D eigenvalue weighted by Gasteiger charge is 2.26. The monoisotopic (exact) mass is 364 g/mol. The zero-order chi connectivity index (χ0) is 19.2. The molecule has 7 heteroatoms. The van der Waals surface area contributed by atoms with Crippen LogP contribution >= 0.6 is 0 Å². The Balaban J connectivity index is 1.82. The highest BCUT2D eigenvalue weighted by Crippen LogP contribution is 2.21. The summed E-state index contributed by atoms with van der Waals surface area (Å²) in [6, 6.07) is 15.7. The minimum atomic E-state index is -0.430. The van der Waals surface area contributed by atoms with Crippen molar-refractivity contribution in [1.29, 1.82) is 0 Å². The quantitative estimate of drug-likeness (QED) is 0.854. The van der Waals surface area contributed by atoms with Gasteiger partial charge in [0.15, 0.2) is 0 Å². The molecular weight excluding hydrogens is 344 g/mol. The summed E-state index contributed by atoms with van der Waals surface area (Å²) in [5.74, 6) is -0.860. The van der Waals surface area contributed by atoms with Crippen LogP contribution in [0.3, 0.4) is 0 Å². The van der Waals surface area contributed by atoms with E-state index >= 15 is 0 Å². The lowest BCUT2D eigenvalue weighted by Crippen LogP contribution is -2.36. The van der Waals surface area contributed by atoms with Crippen molar-refractivity contribution >= 4 is 34.8 Å². The van der Waals surface area contributed by atoms with E-state index in [9.17, 15) is 14.4 Å². The number of anilines is 2. The Morgan fingerprint density at radius 1 is 1.00 bits per heavy atom. The number of hydrazone groups is 1. The smallest absolute Gasteiger partial charge is 0.271 e. The molecule has 2 N–H and O–H groups in total. The van der Waals surface area contributed by atoms with Crippen LogP contribution in [0.25, 0.3) is 0 Å². The number of amides is 3. The standard InChI is InChI=1S/C20H20N4O3/c1-2-21-19(26)15-10-6-7-11-16(15)22-20(27)17-12-13-18(25)24(23-17)14-8-4-3-5-9-14/h3-11H,2,12-13H2,1H3,(H,21,26)(H,22,27). The van der Waals surface area contributed by atoms with E-state index < -0.39 is 5.91 Å². The fraction of sp³-hybridized carbons (Fsp3) is 0.200. The molecule has 0 saturated carbocycles. The second-order valence-corrected chi connectivity index (χ2v) is 5.95. The first-order chi connectivity index (χ1) is 13.1. The second kappa shape index (κ2) is 8.27. The van der Waals surface area contributed by atoms with Crippen molar-refractivity contribution in [1.82, 2.24) is 5.32 Å². The molecule has 0 radical (unpaired) electrons. The second-order valence-electron chi connectivity index (χ2n) is 5.95. The van der Waals surface area contributed by atoms with Crippen molar-refractivity contribution in [2.75, 3.05) is 16.9 Å². The maximum Gasteiger partial charge on any atom is 0.271 e. The Kier molecular flexibility index (Phi) is 5.61. The number of carbonyl (C=O) groups is 3. The van der Waals surface area contributed by atoms with Gasteiger partial charge in [0, 0.05) is 19.4 Å². The molecule has 3 rings (SSSR count). The third-order valence-corrected chi connectivity index (χ3v) is 4.05. The number of carbonyl (C=O) groups excluding carboxylic acids is 3. The van der Waals surface area contributed by atoms with Gasteiger partial charge in [-0.2, -0.15) is 5.10 Å². The van der Waals surface area contributed by atoms with Crippen molar-refractivity contribution in [3.8, 4) is 0 Å². The summed E-state index contributed by atoms with van der Waals surface area (Å²) in [5.41, 5.74) is 1.62. The Morgan fingerprint density at radius 3 is 2.44 bits per heavy atom. The first kappa shape index (κ1) is 18.3. The van der Waals surface area contributed by atoms with Crippen LogP contribution in [0, 0.1) is 0 Å². The maximum atomic E-state index is 12.7. The Labute approximate surface area is 157 Å². The SMILES string of the molecule is CCNC(=O)c1ccccc1NC(=O)C1=NN(c2ccccc2)C(=O)CC1. The van der Waals surface area contributed by atoms with E-state index in [2.05, 4.69) is 15.7 Å². The van der Waals surface area contributed by atoms with Crippen LogP contribution < -0.4 is 15.6 Å². The molecule has 0 aromatic heterocycles. The van der Waals surface area contributed by atoms with Crippen LogP contribution in [0.1, 0.15) is 30.1 Å². The van der Waals surface area contributed by atoms with Gasteiger partial charge in [0.25, 0.3) is 11.8 Å². The van der Waals surface area contributed by atoms with Crippen molar-refractivity contribution < 1.29 is 14.4 Å². The summed E-state index contributed by atoms with van der Waals surface area (Å²) in [6.45, 7) is 2.31. The zero-order valence-electron chi connectivity index (χ0n) is 14.9. The van der Waals surface area contributed by atoms with Gasteiger partial charge in [0.05, 0.1) is 16.9 Å². The van der Waals surface area contributed by atoms with Gasteiger partial charge in [0.2, 0.25) is 5.91 Å². The van der Waals surface area contributed by atoms with Crippen molar-refractivity contribution in [2.45, 2.75) is 19.8 Å². The minimum absolute atomic E-state index is 0.166. The Morgan fingerprint density at radius 2 is 1.70 bits per heavy atom. The summed E-state index contributed by atoms with van der Waals surface area (Å²) in [6.07, 6.45) is 0.441. The molecule has 0 saturated heterocycles. The molecule has 0 aliphatic carbocycles. The fourth-order valence-electron chi connectivity index (χ4n) is 2.73. The van der Waals surface area contributed by atoms with Crippen LogP contribution in [0.5, 0.6) is 0 Å². The van der Waals surface area contributed by atoms with Crippen molar-refractivity contribution in [2.24, 2.45) is 5.10 Å². The molecule has 2 aromatic carbocycles. The van der Waals surface area contributed by atoms with Crippen molar-refractivity contribution in [3.63, 3.8) is 0 Å². The number of hydrogen-bond acceptors (Lipinski definition) is 4. The predicted molar refractivity (Wildman–Crippen MR) is 104 cm³/mol. The number of nitrogens with zero attached hydrogens (tertiary/aromatic N) is 2. The van der Waals surface area contributed by atoms with E-state index in [1.54, 1.807) is 48.5 Å². The molecule has 1 aliphatic heterocycles. The lowest BCUT2D eigenvalue weighted by molar-refractivity contribution is -0.118. The molecule has 0 unspecified atom stereocenters. The number of benzene rings is 2. The molecular formula is C20H20N4O3. The summed E-state index contributed by atoms with van der Waals surface area (Å²) < 4.78 is 0. The minimum Gasteiger partial charge on any atom is -0.352 e. The van der Waals surface area contributed by atoms with Crippen LogP contribution in [-0.4, -0.2) is 30.0 Å². The fourth-order valence-corrected chi connectivity index (χ4v) is 2.73. The van der Waals surface area contributed by atoms with Crippen LogP contribution in [0.2, 0.25) is 0 Å². The van der Waals surface area contributed by atoms with Gasteiger partial charge in [-0.25, -0.2) is 5.01 Å². The van der Waals surface area contributed by atoms with E-state index in [1.807, 2.05) is 13.0 Å². The summed E-state index contributed by atoms with van der Waals surface area (Å²) in [4.78, 5) is 37.0. The van der Waals surface area contributed by atoms with Gasteiger partial charge >= 0.3 is 0 Å². The number of rotatable bonds is 5. The molecule has 0 spiro atoms. The average Bonchev–Trinajstić information content (AvgIpc) is 2.69. The topological polar surface area (TPSA) is 90.9 Å². The summed E-state index contributed by atoms with van der Waals surface area (Å²) >= 11 is 0. The third kappa shape index (κ3) is 4.20. The number of para-hydroxylation sites is 2. The molecule has 27 heavy (non-hydrogen) atoms. The van der Waals surface area contributed by atoms with E-state index in [0.29, 0.717) is 23.5 Å². The molecule has 0 bridgehead atoms. The molecule has 138 valence electrons. The molecule has 3 amide bonds. The molecule has 2 aromatic rings. The summed E-state index contributed by atoms with van der Waals surface area (Å²) in [5, 5.41) is 10.9. The first-order valence-corrected chi connectivity index (χ1v) is 8.74. The predicted octanol–water partition coefficient (Wildman–Crippen LogP) is 2.56. The Bertz CT molecular complexity index is 893. The zero-order valence-corrected chi connectivity index (χ0v) is 14.9.